The van der Waals surface area contributed by atoms with Gasteiger partial charge in [0.15, 0.2) is 0 Å². The van der Waals surface area contributed by atoms with Crippen LogP contribution in [0.5, 0.6) is 0 Å². The first-order valence-corrected chi connectivity index (χ1v) is 8.21. The number of hydrogen-bond donors (Lipinski definition) is 1. The zero-order chi connectivity index (χ0) is 16.9. The van der Waals surface area contributed by atoms with E-state index in [9.17, 15) is 9.59 Å². The normalized spacial score (nSPS) is 23.3. The number of hydrogen-bond acceptors (Lipinski definition) is 2. The number of nitrogens with one attached hydrogen (secondary N) is 1. The second-order valence-corrected chi connectivity index (χ2v) is 7.34. The van der Waals surface area contributed by atoms with Gasteiger partial charge < -0.3 is 5.32 Å². The van der Waals surface area contributed by atoms with E-state index in [1.165, 1.54) is 5.56 Å². The third-order valence-corrected chi connectivity index (χ3v) is 4.97. The molecule has 1 N–H and O–H groups in total. The summed E-state index contributed by atoms with van der Waals surface area (Å²) >= 11 is 0. The van der Waals surface area contributed by atoms with Gasteiger partial charge in [-0.1, -0.05) is 32.6 Å². The number of amides is 2. The topological polar surface area (TPSA) is 49.4 Å². The lowest BCUT2D eigenvalue weighted by Gasteiger charge is -2.32. The van der Waals surface area contributed by atoms with Crippen LogP contribution in [0.15, 0.2) is 30.5 Å². The fourth-order valence-electron chi connectivity index (χ4n) is 3.76. The van der Waals surface area contributed by atoms with E-state index in [0.717, 1.165) is 16.9 Å². The Morgan fingerprint density at radius 2 is 2.00 bits per heavy atom. The predicted molar refractivity (Wildman–Crippen MR) is 91.3 cm³/mol. The summed E-state index contributed by atoms with van der Waals surface area (Å²) in [5.41, 5.74) is 3.26. The molecule has 23 heavy (non-hydrogen) atoms. The van der Waals surface area contributed by atoms with E-state index >= 15 is 0 Å². The molecule has 0 spiro atoms. The zero-order valence-electron chi connectivity index (χ0n) is 14.3. The smallest absolute Gasteiger partial charge is 0.247 e. The molecule has 122 valence electrons. The summed E-state index contributed by atoms with van der Waals surface area (Å²) in [5, 5.41) is 2.80. The van der Waals surface area contributed by atoms with Crippen molar-refractivity contribution >= 4 is 17.5 Å². The summed E-state index contributed by atoms with van der Waals surface area (Å²) in [7, 11) is 0. The van der Waals surface area contributed by atoms with Crippen LogP contribution in [-0.4, -0.2) is 17.9 Å². The minimum atomic E-state index is -0.606. The Morgan fingerprint density at radius 3 is 2.61 bits per heavy atom. The van der Waals surface area contributed by atoms with Crippen LogP contribution < -0.4 is 10.2 Å². The third kappa shape index (κ3) is 2.28. The number of nitrogens with zero attached hydrogens (tertiary/aromatic N) is 1. The predicted octanol–water partition coefficient (Wildman–Crippen LogP) is 3.23. The minimum absolute atomic E-state index is 0.00765. The third-order valence-electron chi connectivity index (χ3n) is 4.97. The molecule has 4 nitrogen and oxygen atoms in total. The minimum Gasteiger partial charge on any atom is -0.329 e. The van der Waals surface area contributed by atoms with Crippen molar-refractivity contribution in [2.24, 2.45) is 0 Å². The highest BCUT2D eigenvalue weighted by atomic mass is 16.2. The van der Waals surface area contributed by atoms with E-state index in [1.54, 1.807) is 4.90 Å². The molecule has 0 radical (unpaired) electrons. The molecule has 1 aromatic rings. The van der Waals surface area contributed by atoms with Crippen LogP contribution >= 0.6 is 0 Å². The Kier molecular flexibility index (Phi) is 3.58. The van der Waals surface area contributed by atoms with Crippen molar-refractivity contribution in [3.63, 3.8) is 0 Å². The Labute approximate surface area is 137 Å². The highest BCUT2D eigenvalue weighted by molar-refractivity contribution is 6.12. The first kappa shape index (κ1) is 15.8. The van der Waals surface area contributed by atoms with Gasteiger partial charge in [-0.2, -0.15) is 0 Å². The van der Waals surface area contributed by atoms with Crippen LogP contribution in [-0.2, 0) is 15.0 Å². The number of carbonyl (C=O) groups excluding carboxylic acids is 2. The Bertz CT molecular complexity index is 703. The number of allylic oxidation sites excluding steroid dienone is 1. The van der Waals surface area contributed by atoms with Gasteiger partial charge in [-0.25, -0.2) is 0 Å². The number of carbonyl (C=O) groups is 2. The van der Waals surface area contributed by atoms with Crippen LogP contribution in [0, 0.1) is 0 Å². The summed E-state index contributed by atoms with van der Waals surface area (Å²) < 4.78 is 0. The second-order valence-electron chi connectivity index (χ2n) is 7.34. The quantitative estimate of drug-likeness (QED) is 0.911. The molecule has 1 fully saturated rings. The molecule has 2 heterocycles. The maximum absolute atomic E-state index is 13.1. The maximum Gasteiger partial charge on any atom is 0.247 e. The summed E-state index contributed by atoms with van der Waals surface area (Å²) in [6, 6.07) is 5.58. The van der Waals surface area contributed by atoms with Crippen LogP contribution in [0.1, 0.15) is 57.6 Å². The first-order chi connectivity index (χ1) is 10.7. The number of benzene rings is 1. The van der Waals surface area contributed by atoms with E-state index < -0.39 is 11.5 Å². The number of anilines is 1. The molecule has 1 saturated heterocycles. The molecule has 1 atom stereocenters. The lowest BCUT2D eigenvalue weighted by molar-refractivity contribution is -0.128. The van der Waals surface area contributed by atoms with Gasteiger partial charge in [0.1, 0.15) is 6.04 Å². The van der Waals surface area contributed by atoms with Gasteiger partial charge in [0.25, 0.3) is 0 Å². The average Bonchev–Trinajstić information content (AvgIpc) is 2.67. The van der Waals surface area contributed by atoms with Gasteiger partial charge in [-0.3, -0.25) is 14.5 Å². The Hall–Kier alpha value is -2.10. The van der Waals surface area contributed by atoms with Gasteiger partial charge in [0, 0.05) is 11.4 Å². The molecule has 3 rings (SSSR count). The fourth-order valence-corrected chi connectivity index (χ4v) is 3.76. The van der Waals surface area contributed by atoms with Crippen LogP contribution in [0.4, 0.5) is 5.69 Å². The van der Waals surface area contributed by atoms with Gasteiger partial charge in [0.2, 0.25) is 11.8 Å². The Balaban J connectivity index is 2.12. The Morgan fingerprint density at radius 1 is 1.30 bits per heavy atom. The van der Waals surface area contributed by atoms with Crippen molar-refractivity contribution < 1.29 is 9.59 Å². The van der Waals surface area contributed by atoms with Crippen LogP contribution in [0.25, 0.3) is 0 Å². The van der Waals surface area contributed by atoms with Crippen LogP contribution in [0.3, 0.4) is 0 Å². The zero-order valence-corrected chi connectivity index (χ0v) is 14.3. The lowest BCUT2D eigenvalue weighted by atomic mass is 9.80. The van der Waals surface area contributed by atoms with Crippen molar-refractivity contribution in [1.82, 2.24) is 5.32 Å². The van der Waals surface area contributed by atoms with Crippen molar-refractivity contribution in [3.8, 4) is 0 Å². The van der Waals surface area contributed by atoms with E-state index in [2.05, 4.69) is 31.8 Å². The first-order valence-electron chi connectivity index (χ1n) is 8.21. The SMILES string of the molecule is C=C1CCC(N2C(=O)C(C)(C)c3c(C(C)C)cccc32)C(=O)N1. The van der Waals surface area contributed by atoms with Gasteiger partial charge >= 0.3 is 0 Å². The second kappa shape index (κ2) is 5.22. The van der Waals surface area contributed by atoms with Crippen molar-refractivity contribution in [3.05, 3.63) is 41.6 Å². The molecule has 0 bridgehead atoms. The molecule has 2 aliphatic rings. The average molecular weight is 312 g/mol. The molecule has 1 aromatic carbocycles. The van der Waals surface area contributed by atoms with Crippen LogP contribution in [0.2, 0.25) is 0 Å². The monoisotopic (exact) mass is 312 g/mol. The van der Waals surface area contributed by atoms with E-state index in [-0.39, 0.29) is 11.8 Å². The van der Waals surface area contributed by atoms with Gasteiger partial charge in [0.05, 0.1) is 5.41 Å². The standard InChI is InChI=1S/C19H24N2O2/c1-11(2)13-7-6-8-14-16(13)19(4,5)18(23)21(14)15-10-9-12(3)20-17(15)22/h6-8,11,15H,3,9-10H2,1-2,4-5H3,(H,20,22). The molecule has 2 aliphatic heterocycles. The molecule has 0 saturated carbocycles. The van der Waals surface area contributed by atoms with Gasteiger partial charge in [-0.05, 0) is 49.8 Å². The summed E-state index contributed by atoms with van der Waals surface area (Å²) in [4.78, 5) is 27.2. The van der Waals surface area contributed by atoms with Crippen molar-refractivity contribution in [2.75, 3.05) is 4.90 Å². The van der Waals surface area contributed by atoms with E-state index in [0.29, 0.717) is 18.8 Å². The molecule has 1 unspecified atom stereocenters. The van der Waals surface area contributed by atoms with E-state index in [1.807, 2.05) is 26.0 Å². The molecule has 0 aromatic heterocycles. The number of rotatable bonds is 2. The van der Waals surface area contributed by atoms with Crippen molar-refractivity contribution in [2.45, 2.75) is 57.9 Å². The highest BCUT2D eigenvalue weighted by Crippen LogP contribution is 2.46. The number of piperidine rings is 1. The number of fused-ring (bicyclic) bond motifs is 1. The fraction of sp³-hybridized carbons (Fsp3) is 0.474. The summed E-state index contributed by atoms with van der Waals surface area (Å²) in [6.07, 6.45) is 1.33. The van der Waals surface area contributed by atoms with Gasteiger partial charge in [-0.15, -0.1) is 0 Å². The molecule has 4 heteroatoms. The molecular weight excluding hydrogens is 288 g/mol. The maximum atomic E-state index is 13.1. The van der Waals surface area contributed by atoms with Crippen molar-refractivity contribution in [1.29, 1.82) is 0 Å². The largest absolute Gasteiger partial charge is 0.329 e. The summed E-state index contributed by atoms with van der Waals surface area (Å²) in [5.74, 6) is 0.207. The highest BCUT2D eigenvalue weighted by Gasteiger charge is 2.49. The molecular formula is C19H24N2O2. The molecule has 0 aliphatic carbocycles. The van der Waals surface area contributed by atoms with E-state index in [4.69, 9.17) is 0 Å². The lowest BCUT2D eigenvalue weighted by Crippen LogP contribution is -2.52. The summed E-state index contributed by atoms with van der Waals surface area (Å²) in [6.45, 7) is 12.0. The molecule has 2 amide bonds.